The van der Waals surface area contributed by atoms with Crippen molar-refractivity contribution in [3.63, 3.8) is 0 Å². The number of rotatable bonds is 5. The van der Waals surface area contributed by atoms with Crippen molar-refractivity contribution in [2.24, 2.45) is 0 Å². The van der Waals surface area contributed by atoms with Crippen molar-refractivity contribution in [3.05, 3.63) is 82.0 Å². The van der Waals surface area contributed by atoms with Crippen molar-refractivity contribution >= 4 is 38.9 Å². The van der Waals surface area contributed by atoms with Crippen LogP contribution in [0.15, 0.2) is 70.8 Å². The van der Waals surface area contributed by atoms with Gasteiger partial charge in [-0.2, -0.15) is 0 Å². The molecule has 5 nitrogen and oxygen atoms in total. The fraction of sp³-hybridized carbons (Fsp3) is 0.0909. The summed E-state index contributed by atoms with van der Waals surface area (Å²) in [5.74, 6) is 0.129. The first-order chi connectivity index (χ1) is 13.7. The molecule has 0 aliphatic rings. The van der Waals surface area contributed by atoms with E-state index in [9.17, 15) is 9.59 Å². The number of thiophene rings is 1. The molecule has 2 aromatic carbocycles. The molecule has 0 aliphatic heterocycles. The van der Waals surface area contributed by atoms with Gasteiger partial charge in [0.25, 0.3) is 5.56 Å². The zero-order valence-electron chi connectivity index (χ0n) is 15.2. The lowest BCUT2D eigenvalue weighted by Gasteiger charge is -2.10. The van der Waals surface area contributed by atoms with Crippen molar-refractivity contribution in [1.29, 1.82) is 0 Å². The van der Waals surface area contributed by atoms with Gasteiger partial charge in [0.05, 0.1) is 6.61 Å². The topological polar surface area (TPSA) is 71.2 Å². The molecule has 0 fully saturated rings. The van der Waals surface area contributed by atoms with Gasteiger partial charge in [0.2, 0.25) is 0 Å². The van der Waals surface area contributed by atoms with Gasteiger partial charge in [0, 0.05) is 16.3 Å². The van der Waals surface area contributed by atoms with E-state index < -0.39 is 5.97 Å². The SMILES string of the molecule is CCOC(=O)c1c(-c2ccccc2)csc1Nc1cc2ccccc2c(=O)[nH]1. The number of carbonyl (C=O) groups is 1. The highest BCUT2D eigenvalue weighted by Gasteiger charge is 2.22. The van der Waals surface area contributed by atoms with Crippen LogP contribution in [-0.4, -0.2) is 17.6 Å². The molecule has 28 heavy (non-hydrogen) atoms. The highest BCUT2D eigenvalue weighted by Crippen LogP contribution is 2.37. The number of nitrogens with one attached hydrogen (secondary N) is 2. The fourth-order valence-electron chi connectivity index (χ4n) is 3.09. The number of H-pyrrole nitrogens is 1. The van der Waals surface area contributed by atoms with Crippen molar-refractivity contribution in [1.82, 2.24) is 4.98 Å². The largest absolute Gasteiger partial charge is 0.462 e. The molecule has 0 bridgehead atoms. The number of carbonyl (C=O) groups excluding carboxylic acids is 1. The molecule has 0 unspecified atom stereocenters. The lowest BCUT2D eigenvalue weighted by atomic mass is 10.0. The summed E-state index contributed by atoms with van der Waals surface area (Å²) in [6, 6.07) is 18.9. The van der Waals surface area contributed by atoms with Crippen LogP contribution in [0.5, 0.6) is 0 Å². The first-order valence-electron chi connectivity index (χ1n) is 8.90. The lowest BCUT2D eigenvalue weighted by molar-refractivity contribution is 0.0529. The first kappa shape index (κ1) is 18.0. The van der Waals surface area contributed by atoms with Crippen LogP contribution < -0.4 is 10.9 Å². The van der Waals surface area contributed by atoms with E-state index in [0.29, 0.717) is 21.8 Å². The Bertz CT molecular complexity index is 1200. The van der Waals surface area contributed by atoms with Gasteiger partial charge in [-0.3, -0.25) is 4.79 Å². The number of ether oxygens (including phenoxy) is 1. The molecule has 0 amide bonds. The molecular formula is C22H18N2O3S. The summed E-state index contributed by atoms with van der Waals surface area (Å²) in [5.41, 5.74) is 2.02. The van der Waals surface area contributed by atoms with Crippen LogP contribution in [0, 0.1) is 0 Å². The van der Waals surface area contributed by atoms with Gasteiger partial charge in [-0.05, 0) is 30.0 Å². The Morgan fingerprint density at radius 2 is 1.86 bits per heavy atom. The molecular weight excluding hydrogens is 372 g/mol. The van der Waals surface area contributed by atoms with Crippen LogP contribution in [0.2, 0.25) is 0 Å². The Morgan fingerprint density at radius 1 is 1.11 bits per heavy atom. The van der Waals surface area contributed by atoms with Gasteiger partial charge in [0.15, 0.2) is 0 Å². The molecule has 4 rings (SSSR count). The van der Waals surface area contributed by atoms with Crippen LogP contribution in [0.4, 0.5) is 10.8 Å². The number of fused-ring (bicyclic) bond motifs is 1. The van der Waals surface area contributed by atoms with Gasteiger partial charge in [0.1, 0.15) is 16.4 Å². The van der Waals surface area contributed by atoms with Crippen LogP contribution in [0.3, 0.4) is 0 Å². The average Bonchev–Trinajstić information content (AvgIpc) is 3.12. The predicted octanol–water partition coefficient (Wildman–Crippen LogP) is 5.18. The van der Waals surface area contributed by atoms with Crippen molar-refractivity contribution in [3.8, 4) is 11.1 Å². The van der Waals surface area contributed by atoms with Crippen molar-refractivity contribution < 1.29 is 9.53 Å². The molecule has 4 aromatic rings. The maximum atomic E-state index is 12.7. The maximum Gasteiger partial charge on any atom is 0.341 e. The summed E-state index contributed by atoms with van der Waals surface area (Å²) >= 11 is 1.40. The third kappa shape index (κ3) is 3.42. The third-order valence-electron chi connectivity index (χ3n) is 4.36. The number of aromatic amines is 1. The molecule has 0 saturated carbocycles. The van der Waals surface area contributed by atoms with E-state index >= 15 is 0 Å². The second kappa shape index (κ2) is 7.70. The Labute approximate surface area is 165 Å². The van der Waals surface area contributed by atoms with E-state index in [-0.39, 0.29) is 12.2 Å². The Morgan fingerprint density at radius 3 is 2.64 bits per heavy atom. The monoisotopic (exact) mass is 390 g/mol. The number of aromatic nitrogens is 1. The predicted molar refractivity (Wildman–Crippen MR) is 114 cm³/mol. The molecule has 6 heteroatoms. The second-order valence-corrected chi connectivity index (χ2v) is 7.04. The molecule has 2 N–H and O–H groups in total. The zero-order chi connectivity index (χ0) is 19.5. The van der Waals surface area contributed by atoms with Gasteiger partial charge >= 0.3 is 5.97 Å². The minimum atomic E-state index is -0.395. The minimum absolute atomic E-state index is 0.182. The van der Waals surface area contributed by atoms with Crippen LogP contribution >= 0.6 is 11.3 Å². The van der Waals surface area contributed by atoms with E-state index in [1.165, 1.54) is 11.3 Å². The Kier molecular flexibility index (Phi) is 4.95. The molecule has 2 heterocycles. The maximum absolute atomic E-state index is 12.7. The fourth-order valence-corrected chi connectivity index (χ4v) is 4.06. The van der Waals surface area contributed by atoms with E-state index in [1.807, 2.05) is 60.0 Å². The molecule has 140 valence electrons. The number of anilines is 2. The summed E-state index contributed by atoms with van der Waals surface area (Å²) in [6.45, 7) is 2.07. The van der Waals surface area contributed by atoms with Crippen LogP contribution in [0.1, 0.15) is 17.3 Å². The summed E-state index contributed by atoms with van der Waals surface area (Å²) in [6.07, 6.45) is 0. The molecule has 0 aliphatic carbocycles. The standard InChI is InChI=1S/C22H18N2O3S/c1-2-27-22(26)19-17(14-8-4-3-5-9-14)13-28-21(19)24-18-12-15-10-6-7-11-16(15)20(25)23-18/h3-13H,2H2,1H3,(H2,23,24,25). The van der Waals surface area contributed by atoms with E-state index in [2.05, 4.69) is 10.3 Å². The molecule has 0 atom stereocenters. The number of benzene rings is 2. The number of hydrogen-bond donors (Lipinski definition) is 2. The van der Waals surface area contributed by atoms with Gasteiger partial charge in [-0.1, -0.05) is 48.5 Å². The Balaban J connectivity index is 1.79. The van der Waals surface area contributed by atoms with Crippen molar-refractivity contribution in [2.75, 3.05) is 11.9 Å². The average molecular weight is 390 g/mol. The van der Waals surface area contributed by atoms with Crippen LogP contribution in [0.25, 0.3) is 21.9 Å². The van der Waals surface area contributed by atoms with Gasteiger partial charge in [-0.25, -0.2) is 4.79 Å². The molecule has 0 spiro atoms. The van der Waals surface area contributed by atoms with E-state index in [1.54, 1.807) is 13.0 Å². The third-order valence-corrected chi connectivity index (χ3v) is 5.25. The molecule has 2 aromatic heterocycles. The van der Waals surface area contributed by atoms with E-state index in [0.717, 1.165) is 16.5 Å². The zero-order valence-corrected chi connectivity index (χ0v) is 16.0. The quantitative estimate of drug-likeness (QED) is 0.461. The van der Waals surface area contributed by atoms with Crippen molar-refractivity contribution in [2.45, 2.75) is 6.92 Å². The summed E-state index contributed by atoms with van der Waals surface area (Å²) in [7, 11) is 0. The molecule has 0 radical (unpaired) electrons. The minimum Gasteiger partial charge on any atom is -0.462 e. The second-order valence-electron chi connectivity index (χ2n) is 6.16. The first-order valence-corrected chi connectivity index (χ1v) is 9.78. The van der Waals surface area contributed by atoms with E-state index in [4.69, 9.17) is 4.74 Å². The number of hydrogen-bond acceptors (Lipinski definition) is 5. The number of esters is 1. The smallest absolute Gasteiger partial charge is 0.341 e. The molecule has 0 saturated heterocycles. The van der Waals surface area contributed by atoms with Gasteiger partial charge in [-0.15, -0.1) is 11.3 Å². The van der Waals surface area contributed by atoms with Crippen LogP contribution in [-0.2, 0) is 4.74 Å². The summed E-state index contributed by atoms with van der Waals surface area (Å²) in [5, 5.41) is 7.19. The lowest BCUT2D eigenvalue weighted by Crippen LogP contribution is -2.11. The van der Waals surface area contributed by atoms with Gasteiger partial charge < -0.3 is 15.0 Å². The Hall–Kier alpha value is -3.38. The summed E-state index contributed by atoms with van der Waals surface area (Å²) in [4.78, 5) is 27.9. The highest BCUT2D eigenvalue weighted by molar-refractivity contribution is 7.15. The highest BCUT2D eigenvalue weighted by atomic mass is 32.1. The normalized spacial score (nSPS) is 10.8. The summed E-state index contributed by atoms with van der Waals surface area (Å²) < 4.78 is 5.28. The number of pyridine rings is 1.